The summed E-state index contributed by atoms with van der Waals surface area (Å²) in [5, 5.41) is 10.2. The van der Waals surface area contributed by atoms with Crippen LogP contribution in [0.2, 0.25) is 0 Å². The third-order valence-corrected chi connectivity index (χ3v) is 3.76. The number of hydrogen-bond acceptors (Lipinski definition) is 3. The Morgan fingerprint density at radius 2 is 2.21 bits per heavy atom. The van der Waals surface area contributed by atoms with Crippen LogP contribution in [0, 0.1) is 5.92 Å². The molecule has 106 valence electrons. The molecule has 0 radical (unpaired) electrons. The Hall–Kier alpha value is -1.06. The van der Waals surface area contributed by atoms with Crippen LogP contribution in [-0.2, 0) is 4.74 Å². The topological polar surface area (TPSA) is 38.7 Å². The Balaban J connectivity index is 1.93. The highest BCUT2D eigenvalue weighted by atomic mass is 16.5. The van der Waals surface area contributed by atoms with E-state index in [4.69, 9.17) is 9.47 Å². The Bertz CT molecular complexity index is 391. The molecule has 3 nitrogen and oxygen atoms in total. The lowest BCUT2D eigenvalue weighted by atomic mass is 9.86. The highest BCUT2D eigenvalue weighted by Gasteiger charge is 2.24. The van der Waals surface area contributed by atoms with Crippen LogP contribution in [0.4, 0.5) is 0 Å². The Labute approximate surface area is 115 Å². The minimum atomic E-state index is -0.263. The van der Waals surface area contributed by atoms with Gasteiger partial charge in [-0.05, 0) is 42.7 Å². The van der Waals surface area contributed by atoms with E-state index in [9.17, 15) is 5.11 Å². The molecule has 1 aromatic rings. The monoisotopic (exact) mass is 264 g/mol. The summed E-state index contributed by atoms with van der Waals surface area (Å²) < 4.78 is 10.8. The van der Waals surface area contributed by atoms with Gasteiger partial charge in [-0.3, -0.25) is 0 Å². The largest absolute Gasteiger partial charge is 0.493 e. The Morgan fingerprint density at radius 1 is 1.42 bits per heavy atom. The summed E-state index contributed by atoms with van der Waals surface area (Å²) in [6.07, 6.45) is 2.34. The fraction of sp³-hybridized carbons (Fsp3) is 0.625. The van der Waals surface area contributed by atoms with Crippen molar-refractivity contribution in [2.45, 2.75) is 38.2 Å². The smallest absolute Gasteiger partial charge is 0.122 e. The minimum Gasteiger partial charge on any atom is -0.493 e. The fourth-order valence-electron chi connectivity index (χ4n) is 2.90. The van der Waals surface area contributed by atoms with Crippen LogP contribution in [0.25, 0.3) is 0 Å². The summed E-state index contributed by atoms with van der Waals surface area (Å²) in [4.78, 5) is 0. The first-order valence-electron chi connectivity index (χ1n) is 7.09. The molecule has 19 heavy (non-hydrogen) atoms. The van der Waals surface area contributed by atoms with Crippen LogP contribution in [0.1, 0.15) is 37.7 Å². The molecule has 2 rings (SSSR count). The van der Waals surface area contributed by atoms with E-state index in [0.717, 1.165) is 31.6 Å². The van der Waals surface area contributed by atoms with Gasteiger partial charge in [-0.15, -0.1) is 0 Å². The molecule has 1 aliphatic rings. The molecule has 0 saturated carbocycles. The van der Waals surface area contributed by atoms with Crippen LogP contribution in [0.3, 0.4) is 0 Å². The quantitative estimate of drug-likeness (QED) is 0.858. The summed E-state index contributed by atoms with van der Waals surface area (Å²) in [6, 6.07) is 8.17. The SMILES string of the molecule is COCC(C)CC(O)CC1CCOc2ccccc21. The average Bonchev–Trinajstić information content (AvgIpc) is 2.39. The van der Waals surface area contributed by atoms with Gasteiger partial charge < -0.3 is 14.6 Å². The zero-order valence-corrected chi connectivity index (χ0v) is 11.8. The van der Waals surface area contributed by atoms with Gasteiger partial charge >= 0.3 is 0 Å². The molecule has 0 aliphatic carbocycles. The fourth-order valence-corrected chi connectivity index (χ4v) is 2.90. The van der Waals surface area contributed by atoms with Crippen molar-refractivity contribution < 1.29 is 14.6 Å². The Kier molecular flexibility index (Phi) is 5.23. The summed E-state index contributed by atoms with van der Waals surface area (Å²) in [5.41, 5.74) is 1.24. The molecule has 1 aliphatic heterocycles. The van der Waals surface area contributed by atoms with E-state index in [2.05, 4.69) is 13.0 Å². The van der Waals surface area contributed by atoms with Gasteiger partial charge in [0.05, 0.1) is 12.7 Å². The molecule has 0 saturated heterocycles. The average molecular weight is 264 g/mol. The van der Waals surface area contributed by atoms with Gasteiger partial charge in [-0.1, -0.05) is 25.1 Å². The summed E-state index contributed by atoms with van der Waals surface area (Å²) in [7, 11) is 1.71. The molecule has 3 heteroatoms. The van der Waals surface area contributed by atoms with Crippen LogP contribution in [-0.4, -0.2) is 31.5 Å². The molecule has 3 atom stereocenters. The van der Waals surface area contributed by atoms with Gasteiger partial charge in [0.25, 0.3) is 0 Å². The zero-order chi connectivity index (χ0) is 13.7. The first-order valence-corrected chi connectivity index (χ1v) is 7.09. The van der Waals surface area contributed by atoms with Crippen molar-refractivity contribution in [3.8, 4) is 5.75 Å². The van der Waals surface area contributed by atoms with E-state index in [1.54, 1.807) is 7.11 Å². The number of benzene rings is 1. The standard InChI is InChI=1S/C16H24O3/c1-12(11-18-2)9-14(17)10-13-7-8-19-16-6-4-3-5-15(13)16/h3-6,12-14,17H,7-11H2,1-2H3. The maximum absolute atomic E-state index is 10.2. The molecule has 1 N–H and O–H groups in total. The lowest BCUT2D eigenvalue weighted by Crippen LogP contribution is -2.21. The molecule has 1 heterocycles. The van der Waals surface area contributed by atoms with E-state index in [1.807, 2.05) is 18.2 Å². The second kappa shape index (κ2) is 6.92. The van der Waals surface area contributed by atoms with E-state index in [1.165, 1.54) is 5.56 Å². The normalized spacial score (nSPS) is 21.3. The van der Waals surface area contributed by atoms with Crippen molar-refractivity contribution >= 4 is 0 Å². The van der Waals surface area contributed by atoms with Crippen LogP contribution in [0.15, 0.2) is 24.3 Å². The first-order chi connectivity index (χ1) is 9.20. The number of aliphatic hydroxyl groups excluding tert-OH is 1. The first kappa shape index (κ1) is 14.4. The number of hydrogen-bond donors (Lipinski definition) is 1. The van der Waals surface area contributed by atoms with Gasteiger partial charge in [0.1, 0.15) is 5.75 Å². The second-order valence-corrected chi connectivity index (χ2v) is 5.56. The molecular weight excluding hydrogens is 240 g/mol. The molecule has 0 fully saturated rings. The maximum Gasteiger partial charge on any atom is 0.122 e. The summed E-state index contributed by atoms with van der Waals surface area (Å²) >= 11 is 0. The van der Waals surface area contributed by atoms with Crippen LogP contribution < -0.4 is 4.74 Å². The van der Waals surface area contributed by atoms with Gasteiger partial charge in [0, 0.05) is 13.7 Å². The van der Waals surface area contributed by atoms with Gasteiger partial charge in [0.2, 0.25) is 0 Å². The molecule has 0 amide bonds. The number of fused-ring (bicyclic) bond motifs is 1. The van der Waals surface area contributed by atoms with Crippen molar-refractivity contribution in [3.63, 3.8) is 0 Å². The van der Waals surface area contributed by atoms with Gasteiger partial charge in [-0.25, -0.2) is 0 Å². The Morgan fingerprint density at radius 3 is 3.00 bits per heavy atom. The molecule has 0 aromatic heterocycles. The molecular formula is C16H24O3. The number of aliphatic hydroxyl groups is 1. The lowest BCUT2D eigenvalue weighted by Gasteiger charge is -2.28. The third kappa shape index (κ3) is 3.95. The maximum atomic E-state index is 10.2. The van der Waals surface area contributed by atoms with E-state index < -0.39 is 0 Å². The summed E-state index contributed by atoms with van der Waals surface area (Å²) in [5.74, 6) is 1.79. The minimum absolute atomic E-state index is 0.263. The van der Waals surface area contributed by atoms with Crippen LogP contribution in [0.5, 0.6) is 5.75 Å². The highest BCUT2D eigenvalue weighted by Crippen LogP contribution is 2.36. The number of ether oxygens (including phenoxy) is 2. The van der Waals surface area contributed by atoms with Gasteiger partial charge in [0.15, 0.2) is 0 Å². The molecule has 0 bridgehead atoms. The zero-order valence-electron chi connectivity index (χ0n) is 11.8. The number of para-hydroxylation sites is 1. The van der Waals surface area contributed by atoms with Crippen molar-refractivity contribution in [2.24, 2.45) is 5.92 Å². The molecule has 0 spiro atoms. The van der Waals surface area contributed by atoms with Gasteiger partial charge in [-0.2, -0.15) is 0 Å². The second-order valence-electron chi connectivity index (χ2n) is 5.56. The number of methoxy groups -OCH3 is 1. The molecule has 1 aromatic carbocycles. The van der Waals surface area contributed by atoms with E-state index in [-0.39, 0.29) is 6.10 Å². The lowest BCUT2D eigenvalue weighted by molar-refractivity contribution is 0.0880. The predicted octanol–water partition coefficient (Wildman–Crippen LogP) is 2.98. The highest BCUT2D eigenvalue weighted by molar-refractivity contribution is 5.37. The van der Waals surface area contributed by atoms with Crippen molar-refractivity contribution in [1.29, 1.82) is 0 Å². The molecule has 3 unspecified atom stereocenters. The third-order valence-electron chi connectivity index (χ3n) is 3.76. The van der Waals surface area contributed by atoms with Crippen molar-refractivity contribution in [2.75, 3.05) is 20.3 Å². The van der Waals surface area contributed by atoms with Crippen molar-refractivity contribution in [3.05, 3.63) is 29.8 Å². The van der Waals surface area contributed by atoms with E-state index >= 15 is 0 Å². The van der Waals surface area contributed by atoms with Crippen molar-refractivity contribution in [1.82, 2.24) is 0 Å². The number of rotatable bonds is 6. The van der Waals surface area contributed by atoms with Crippen LogP contribution >= 0.6 is 0 Å². The predicted molar refractivity (Wildman–Crippen MR) is 75.6 cm³/mol. The van der Waals surface area contributed by atoms with E-state index in [0.29, 0.717) is 18.4 Å². The summed E-state index contributed by atoms with van der Waals surface area (Å²) in [6.45, 7) is 3.58.